The van der Waals surface area contributed by atoms with Gasteiger partial charge in [-0.25, -0.2) is 0 Å². The zero-order valence-electron chi connectivity index (χ0n) is 24.5. The summed E-state index contributed by atoms with van der Waals surface area (Å²) in [6, 6.07) is 1.64. The molecule has 0 saturated heterocycles. The van der Waals surface area contributed by atoms with Crippen LogP contribution in [0.1, 0.15) is 45.4 Å². The van der Waals surface area contributed by atoms with Gasteiger partial charge in [0.15, 0.2) is 16.8 Å². The number of hydrogen-bond donors (Lipinski definition) is 0. The Balaban J connectivity index is 2.31. The average molecular weight is 529 g/mol. The summed E-state index contributed by atoms with van der Waals surface area (Å²) in [5, 5.41) is 0.344. The summed E-state index contributed by atoms with van der Waals surface area (Å²) in [6.07, 6.45) is 11.4. The fourth-order valence-corrected chi connectivity index (χ4v) is 4.79. The standard InChI is InChI=1S/C31H44O7/c1-11-19(2)14-12-13-15-23(33-6)22(5)29(36-9)20(3)16-17-24-21(4)28(32)27-25(34-7)18-26(35-8)30(37-10)31(27)38-24/h11-15,18,20,22-23,29H,16-17H2,1-10H3. The predicted molar refractivity (Wildman–Crippen MR) is 153 cm³/mol. The first-order chi connectivity index (χ1) is 18.2. The Morgan fingerprint density at radius 1 is 1.00 bits per heavy atom. The van der Waals surface area contributed by atoms with Crippen molar-refractivity contribution in [3.05, 3.63) is 63.6 Å². The van der Waals surface area contributed by atoms with Gasteiger partial charge in [0.2, 0.25) is 5.75 Å². The molecule has 0 radical (unpaired) electrons. The van der Waals surface area contributed by atoms with Crippen molar-refractivity contribution < 1.29 is 28.1 Å². The molecule has 210 valence electrons. The number of methoxy groups -OCH3 is 5. The molecule has 7 heteroatoms. The van der Waals surface area contributed by atoms with Gasteiger partial charge < -0.3 is 28.1 Å². The lowest BCUT2D eigenvalue weighted by molar-refractivity contribution is -0.0343. The summed E-state index contributed by atoms with van der Waals surface area (Å²) >= 11 is 0. The number of aryl methyl sites for hydroxylation is 1. The monoisotopic (exact) mass is 528 g/mol. The molecule has 0 aliphatic heterocycles. The van der Waals surface area contributed by atoms with Crippen molar-refractivity contribution in [1.29, 1.82) is 0 Å². The summed E-state index contributed by atoms with van der Waals surface area (Å²) in [7, 11) is 8.01. The van der Waals surface area contributed by atoms with Gasteiger partial charge in [0.05, 0.1) is 33.5 Å². The smallest absolute Gasteiger partial charge is 0.205 e. The molecular formula is C31H44O7. The van der Waals surface area contributed by atoms with Crippen molar-refractivity contribution >= 4 is 11.0 Å². The van der Waals surface area contributed by atoms with Gasteiger partial charge in [-0.3, -0.25) is 4.79 Å². The minimum Gasteiger partial charge on any atom is -0.496 e. The third-order valence-corrected chi connectivity index (χ3v) is 7.22. The Morgan fingerprint density at radius 2 is 1.68 bits per heavy atom. The van der Waals surface area contributed by atoms with Crippen molar-refractivity contribution in [3.8, 4) is 17.2 Å². The highest BCUT2D eigenvalue weighted by Gasteiger charge is 2.29. The van der Waals surface area contributed by atoms with Crippen molar-refractivity contribution in [3.63, 3.8) is 0 Å². The number of allylic oxidation sites excluding steroid dienone is 5. The highest BCUT2D eigenvalue weighted by Crippen LogP contribution is 2.41. The Bertz CT molecular complexity index is 1210. The van der Waals surface area contributed by atoms with Crippen LogP contribution in [0.15, 0.2) is 51.2 Å². The second-order valence-corrected chi connectivity index (χ2v) is 9.55. The molecule has 0 spiro atoms. The van der Waals surface area contributed by atoms with Crippen LogP contribution < -0.4 is 19.6 Å². The first-order valence-corrected chi connectivity index (χ1v) is 13.0. The van der Waals surface area contributed by atoms with Crippen LogP contribution in [0.3, 0.4) is 0 Å². The molecule has 0 N–H and O–H groups in total. The second-order valence-electron chi connectivity index (χ2n) is 9.55. The van der Waals surface area contributed by atoms with E-state index in [1.807, 2.05) is 19.1 Å². The SMILES string of the molecule is CC=C(C)C=CC=CC(OC)C(C)C(OC)C(C)CCc1oc2c(OC)c(OC)cc(OC)c2c(=O)c1C. The van der Waals surface area contributed by atoms with Gasteiger partial charge >= 0.3 is 0 Å². The van der Waals surface area contributed by atoms with Crippen molar-refractivity contribution in [2.45, 2.75) is 59.7 Å². The molecule has 7 nitrogen and oxygen atoms in total. The lowest BCUT2D eigenvalue weighted by Gasteiger charge is -2.32. The molecule has 2 aromatic rings. The van der Waals surface area contributed by atoms with E-state index in [1.54, 1.807) is 27.2 Å². The van der Waals surface area contributed by atoms with E-state index in [9.17, 15) is 4.79 Å². The molecule has 1 aromatic carbocycles. The molecule has 4 atom stereocenters. The van der Waals surface area contributed by atoms with E-state index in [2.05, 4.69) is 39.0 Å². The van der Waals surface area contributed by atoms with Crippen LogP contribution in [0.4, 0.5) is 0 Å². The third kappa shape index (κ3) is 7.08. The van der Waals surface area contributed by atoms with Crippen molar-refractivity contribution in [2.75, 3.05) is 35.5 Å². The molecule has 4 unspecified atom stereocenters. The molecular weight excluding hydrogens is 484 g/mol. The zero-order valence-corrected chi connectivity index (χ0v) is 24.5. The molecule has 0 bridgehead atoms. The van der Waals surface area contributed by atoms with Crippen LogP contribution in [0.25, 0.3) is 11.0 Å². The van der Waals surface area contributed by atoms with Gasteiger partial charge in [0.1, 0.15) is 16.9 Å². The van der Waals surface area contributed by atoms with Crippen LogP contribution >= 0.6 is 0 Å². The number of fused-ring (bicyclic) bond motifs is 1. The molecule has 0 aliphatic rings. The summed E-state index contributed by atoms with van der Waals surface area (Å²) in [5.41, 5.74) is 1.93. The maximum absolute atomic E-state index is 13.4. The summed E-state index contributed by atoms with van der Waals surface area (Å²) in [6.45, 7) is 10.1. The molecule has 38 heavy (non-hydrogen) atoms. The van der Waals surface area contributed by atoms with E-state index in [-0.39, 0.29) is 29.5 Å². The van der Waals surface area contributed by atoms with Gasteiger partial charge in [0, 0.05) is 38.2 Å². The van der Waals surface area contributed by atoms with Crippen molar-refractivity contribution in [1.82, 2.24) is 0 Å². The van der Waals surface area contributed by atoms with E-state index in [0.717, 1.165) is 6.42 Å². The van der Waals surface area contributed by atoms with Crippen molar-refractivity contribution in [2.24, 2.45) is 11.8 Å². The molecule has 2 rings (SSSR count). The van der Waals surface area contributed by atoms with Gasteiger partial charge in [-0.1, -0.05) is 49.8 Å². The van der Waals surface area contributed by atoms with Crippen LogP contribution in [0.5, 0.6) is 17.2 Å². The Hall–Kier alpha value is -3.03. The highest BCUT2D eigenvalue weighted by molar-refractivity contribution is 5.91. The van der Waals surface area contributed by atoms with Gasteiger partial charge in [-0.05, 0) is 33.1 Å². The van der Waals surface area contributed by atoms with E-state index in [0.29, 0.717) is 46.0 Å². The number of rotatable bonds is 14. The minimum atomic E-state index is -0.144. The first-order valence-electron chi connectivity index (χ1n) is 13.0. The predicted octanol–water partition coefficient (Wildman–Crippen LogP) is 6.44. The maximum atomic E-state index is 13.4. The summed E-state index contributed by atoms with van der Waals surface area (Å²) in [4.78, 5) is 13.4. The average Bonchev–Trinajstić information content (AvgIpc) is 2.93. The van der Waals surface area contributed by atoms with Gasteiger partial charge in [-0.2, -0.15) is 0 Å². The largest absolute Gasteiger partial charge is 0.496 e. The minimum absolute atomic E-state index is 0.0620. The lowest BCUT2D eigenvalue weighted by atomic mass is 9.85. The first kappa shape index (κ1) is 31.2. The van der Waals surface area contributed by atoms with Gasteiger partial charge in [-0.15, -0.1) is 0 Å². The normalized spacial score (nSPS) is 15.7. The Kier molecular flexibility index (Phi) is 12.1. The highest BCUT2D eigenvalue weighted by atomic mass is 16.5. The van der Waals surface area contributed by atoms with Crippen LogP contribution in [0.2, 0.25) is 0 Å². The van der Waals surface area contributed by atoms with E-state index >= 15 is 0 Å². The topological polar surface area (TPSA) is 76.4 Å². The number of ether oxygens (including phenoxy) is 5. The quantitative estimate of drug-likeness (QED) is 0.261. The van der Waals surface area contributed by atoms with Crippen LogP contribution in [-0.4, -0.2) is 47.8 Å². The molecule has 0 fully saturated rings. The van der Waals surface area contributed by atoms with E-state index < -0.39 is 0 Å². The Labute approximate surface area is 227 Å². The fourth-order valence-electron chi connectivity index (χ4n) is 4.79. The number of hydrogen-bond acceptors (Lipinski definition) is 7. The zero-order chi connectivity index (χ0) is 28.4. The summed E-state index contributed by atoms with van der Waals surface area (Å²) in [5.74, 6) is 2.07. The molecule has 0 saturated carbocycles. The molecule has 1 aromatic heterocycles. The lowest BCUT2D eigenvalue weighted by Crippen LogP contribution is -2.36. The fraction of sp³-hybridized carbons (Fsp3) is 0.516. The molecule has 1 heterocycles. The third-order valence-electron chi connectivity index (χ3n) is 7.22. The van der Waals surface area contributed by atoms with E-state index in [4.69, 9.17) is 28.1 Å². The maximum Gasteiger partial charge on any atom is 0.205 e. The molecule has 0 aliphatic carbocycles. The second kappa shape index (κ2) is 14.8. The van der Waals surface area contributed by atoms with Crippen LogP contribution in [-0.2, 0) is 15.9 Å². The van der Waals surface area contributed by atoms with Gasteiger partial charge in [0.25, 0.3) is 0 Å². The Morgan fingerprint density at radius 3 is 2.24 bits per heavy atom. The summed E-state index contributed by atoms with van der Waals surface area (Å²) < 4.78 is 34.5. The van der Waals surface area contributed by atoms with E-state index in [1.165, 1.54) is 26.9 Å². The molecule has 0 amide bonds. The number of benzene rings is 1. The van der Waals surface area contributed by atoms with Crippen LogP contribution in [0, 0.1) is 18.8 Å².